The Balaban J connectivity index is 0.000000146. The second-order valence-electron chi connectivity index (χ2n) is 4.11. The fraction of sp³-hybridized carbons (Fsp3) is 1.00. The van der Waals surface area contributed by atoms with E-state index in [1.165, 1.54) is 0 Å². The summed E-state index contributed by atoms with van der Waals surface area (Å²) in [4.78, 5) is 0. The van der Waals surface area contributed by atoms with Crippen LogP contribution in [-0.4, -0.2) is 50.1 Å². The number of nitrogens with one attached hydrogen (secondary N) is 2. The molecular weight excluding hydrogens is 180 g/mol. The Labute approximate surface area is 86.0 Å². The van der Waals surface area contributed by atoms with Crippen molar-refractivity contribution in [3.8, 4) is 0 Å². The van der Waals surface area contributed by atoms with E-state index in [0.717, 1.165) is 52.2 Å². The number of morpholine rings is 1. The Kier molecular flexibility index (Phi) is 5.40. The van der Waals surface area contributed by atoms with Gasteiger partial charge in [-0.3, -0.25) is 0 Å². The standard InChI is InChI=1S/C6H13NO.C4H9NO/c1-6(8)2-4-7-5-3-6;1-3-6-4-2-5-1/h7-8H,2-5H2,1H3;5H,1-4H2. The van der Waals surface area contributed by atoms with Crippen LogP contribution >= 0.6 is 0 Å². The van der Waals surface area contributed by atoms with Crippen LogP contribution < -0.4 is 10.6 Å². The summed E-state index contributed by atoms with van der Waals surface area (Å²) in [5, 5.41) is 15.7. The van der Waals surface area contributed by atoms with Gasteiger partial charge >= 0.3 is 0 Å². The van der Waals surface area contributed by atoms with Crippen LogP contribution in [0.25, 0.3) is 0 Å². The van der Waals surface area contributed by atoms with Crippen molar-refractivity contribution in [2.75, 3.05) is 39.4 Å². The topological polar surface area (TPSA) is 53.5 Å². The van der Waals surface area contributed by atoms with E-state index in [-0.39, 0.29) is 5.60 Å². The molecule has 0 aromatic heterocycles. The highest BCUT2D eigenvalue weighted by atomic mass is 16.5. The van der Waals surface area contributed by atoms with Crippen molar-refractivity contribution in [1.82, 2.24) is 10.6 Å². The van der Waals surface area contributed by atoms with Gasteiger partial charge in [0.2, 0.25) is 0 Å². The van der Waals surface area contributed by atoms with Crippen molar-refractivity contribution in [3.63, 3.8) is 0 Å². The number of ether oxygens (including phenoxy) is 1. The molecule has 0 radical (unpaired) electrons. The van der Waals surface area contributed by atoms with Crippen LogP contribution in [0.1, 0.15) is 19.8 Å². The normalized spacial score (nSPS) is 26.1. The van der Waals surface area contributed by atoms with Gasteiger partial charge in [0.15, 0.2) is 0 Å². The fourth-order valence-corrected chi connectivity index (χ4v) is 1.48. The van der Waals surface area contributed by atoms with Crippen LogP contribution in [0.5, 0.6) is 0 Å². The zero-order chi connectivity index (χ0) is 10.3. The summed E-state index contributed by atoms with van der Waals surface area (Å²) in [6.45, 7) is 7.66. The third kappa shape index (κ3) is 5.54. The maximum absolute atomic E-state index is 9.33. The summed E-state index contributed by atoms with van der Waals surface area (Å²) in [7, 11) is 0. The molecule has 4 heteroatoms. The first kappa shape index (κ1) is 11.9. The van der Waals surface area contributed by atoms with Crippen LogP contribution in [0.2, 0.25) is 0 Å². The minimum absolute atomic E-state index is 0.384. The van der Waals surface area contributed by atoms with Gasteiger partial charge in [0.05, 0.1) is 18.8 Å². The number of aliphatic hydroxyl groups is 1. The molecule has 0 aromatic rings. The zero-order valence-corrected chi connectivity index (χ0v) is 9.01. The molecule has 2 fully saturated rings. The number of hydrogen-bond acceptors (Lipinski definition) is 4. The van der Waals surface area contributed by atoms with Crippen LogP contribution in [0.15, 0.2) is 0 Å². The summed E-state index contributed by atoms with van der Waals surface area (Å²) in [6, 6.07) is 0. The highest BCUT2D eigenvalue weighted by Gasteiger charge is 2.21. The maximum Gasteiger partial charge on any atom is 0.0644 e. The second-order valence-corrected chi connectivity index (χ2v) is 4.11. The first-order valence-corrected chi connectivity index (χ1v) is 5.42. The largest absolute Gasteiger partial charge is 0.390 e. The van der Waals surface area contributed by atoms with Crippen molar-refractivity contribution in [3.05, 3.63) is 0 Å². The molecular formula is C10H22N2O2. The van der Waals surface area contributed by atoms with Crippen LogP contribution in [0, 0.1) is 0 Å². The maximum atomic E-state index is 9.33. The summed E-state index contributed by atoms with van der Waals surface area (Å²) in [5.74, 6) is 0. The van der Waals surface area contributed by atoms with Crippen molar-refractivity contribution in [2.45, 2.75) is 25.4 Å². The van der Waals surface area contributed by atoms with Gasteiger partial charge in [0.1, 0.15) is 0 Å². The quantitative estimate of drug-likeness (QED) is 0.506. The lowest BCUT2D eigenvalue weighted by molar-refractivity contribution is 0.0291. The predicted octanol–water partition coefficient (Wildman–Crippen LogP) is -0.273. The third-order valence-electron chi connectivity index (χ3n) is 2.53. The van der Waals surface area contributed by atoms with Gasteiger partial charge in [0.25, 0.3) is 0 Å². The molecule has 0 aliphatic carbocycles. The summed E-state index contributed by atoms with van der Waals surface area (Å²) in [5.41, 5.74) is -0.384. The van der Waals surface area contributed by atoms with Gasteiger partial charge in [-0.2, -0.15) is 0 Å². The van der Waals surface area contributed by atoms with Gasteiger partial charge in [0, 0.05) is 13.1 Å². The van der Waals surface area contributed by atoms with Crippen molar-refractivity contribution < 1.29 is 9.84 Å². The lowest BCUT2D eigenvalue weighted by Crippen LogP contribution is -2.39. The lowest BCUT2D eigenvalue weighted by atomic mass is 9.95. The average Bonchev–Trinajstić information content (AvgIpc) is 2.21. The first-order chi connectivity index (χ1) is 6.71. The minimum atomic E-state index is -0.384. The van der Waals surface area contributed by atoms with Crippen molar-refractivity contribution in [1.29, 1.82) is 0 Å². The molecule has 2 aliphatic heterocycles. The smallest absolute Gasteiger partial charge is 0.0644 e. The van der Waals surface area contributed by atoms with Crippen LogP contribution in [0.3, 0.4) is 0 Å². The van der Waals surface area contributed by atoms with Gasteiger partial charge in [-0.25, -0.2) is 0 Å². The van der Waals surface area contributed by atoms with Gasteiger partial charge in [-0.1, -0.05) is 0 Å². The van der Waals surface area contributed by atoms with E-state index in [9.17, 15) is 5.11 Å². The monoisotopic (exact) mass is 202 g/mol. The molecule has 0 unspecified atom stereocenters. The Morgan fingerprint density at radius 2 is 1.50 bits per heavy atom. The highest BCUT2D eigenvalue weighted by molar-refractivity contribution is 4.78. The Morgan fingerprint density at radius 1 is 1.00 bits per heavy atom. The Morgan fingerprint density at radius 3 is 1.71 bits per heavy atom. The van der Waals surface area contributed by atoms with E-state index in [1.54, 1.807) is 0 Å². The highest BCUT2D eigenvalue weighted by Crippen LogP contribution is 2.15. The summed E-state index contributed by atoms with van der Waals surface area (Å²) < 4.78 is 5.01. The molecule has 84 valence electrons. The zero-order valence-electron chi connectivity index (χ0n) is 9.01. The van der Waals surface area contributed by atoms with Crippen molar-refractivity contribution in [2.24, 2.45) is 0 Å². The van der Waals surface area contributed by atoms with E-state index in [1.807, 2.05) is 6.92 Å². The molecule has 2 saturated heterocycles. The summed E-state index contributed by atoms with van der Waals surface area (Å²) in [6.07, 6.45) is 1.79. The summed E-state index contributed by atoms with van der Waals surface area (Å²) >= 11 is 0. The Bertz CT molecular complexity index is 128. The number of rotatable bonds is 0. The average molecular weight is 202 g/mol. The SMILES string of the molecule is C1COCCN1.CC1(O)CCNCC1. The molecule has 2 heterocycles. The molecule has 14 heavy (non-hydrogen) atoms. The fourth-order valence-electron chi connectivity index (χ4n) is 1.48. The molecule has 0 amide bonds. The second kappa shape index (κ2) is 6.35. The van der Waals surface area contributed by atoms with Crippen molar-refractivity contribution >= 4 is 0 Å². The minimum Gasteiger partial charge on any atom is -0.390 e. The molecule has 2 aliphatic rings. The predicted molar refractivity (Wildman–Crippen MR) is 56.4 cm³/mol. The van der Waals surface area contributed by atoms with E-state index in [0.29, 0.717) is 0 Å². The number of hydrogen-bond donors (Lipinski definition) is 3. The molecule has 0 atom stereocenters. The third-order valence-corrected chi connectivity index (χ3v) is 2.53. The molecule has 0 bridgehead atoms. The van der Waals surface area contributed by atoms with Gasteiger partial charge in [-0.15, -0.1) is 0 Å². The lowest BCUT2D eigenvalue weighted by Gasteiger charge is -2.27. The van der Waals surface area contributed by atoms with E-state index < -0.39 is 0 Å². The van der Waals surface area contributed by atoms with E-state index in [4.69, 9.17) is 4.74 Å². The molecule has 0 spiro atoms. The molecule has 2 rings (SSSR count). The first-order valence-electron chi connectivity index (χ1n) is 5.42. The molecule has 3 N–H and O–H groups in total. The Hall–Kier alpha value is -0.160. The molecule has 0 saturated carbocycles. The van der Waals surface area contributed by atoms with Gasteiger partial charge in [-0.05, 0) is 32.9 Å². The van der Waals surface area contributed by atoms with Gasteiger partial charge < -0.3 is 20.5 Å². The molecule has 0 aromatic carbocycles. The van der Waals surface area contributed by atoms with E-state index in [2.05, 4.69) is 10.6 Å². The molecule has 4 nitrogen and oxygen atoms in total. The van der Waals surface area contributed by atoms with Crippen LogP contribution in [-0.2, 0) is 4.74 Å². The number of piperidine rings is 1. The van der Waals surface area contributed by atoms with E-state index >= 15 is 0 Å². The van der Waals surface area contributed by atoms with Crippen LogP contribution in [0.4, 0.5) is 0 Å².